The number of hydrogen-bond acceptors (Lipinski definition) is 4. The minimum atomic E-state index is -1.03. The van der Waals surface area contributed by atoms with Gasteiger partial charge in [-0.15, -0.1) is 0 Å². The molecule has 0 amide bonds. The number of esters is 1. The minimum Gasteiger partial charge on any atom is -0.465 e. The minimum absolute atomic E-state index is 0.263. The Morgan fingerprint density at radius 2 is 2.31 bits per heavy atom. The first kappa shape index (κ1) is 9.95. The number of carbonyl (C=O) groups is 1. The van der Waals surface area contributed by atoms with Crippen molar-refractivity contribution < 1.29 is 14.5 Å². The van der Waals surface area contributed by atoms with E-state index in [1.165, 1.54) is 13.8 Å². The van der Waals surface area contributed by atoms with Gasteiger partial charge in [-0.25, -0.2) is 0 Å². The molecule has 1 aliphatic rings. The fraction of sp³-hybridized carbons (Fsp3) is 0.875. The summed E-state index contributed by atoms with van der Waals surface area (Å²) < 4.78 is 4.73. The Hall–Kier alpha value is -1.13. The summed E-state index contributed by atoms with van der Waals surface area (Å²) in [6.45, 7) is 3.45. The average molecular weight is 187 g/mol. The van der Waals surface area contributed by atoms with E-state index in [9.17, 15) is 14.9 Å². The van der Waals surface area contributed by atoms with Crippen LogP contribution in [-0.4, -0.2) is 23.0 Å². The van der Waals surface area contributed by atoms with E-state index in [4.69, 9.17) is 4.74 Å². The molecule has 0 spiro atoms. The van der Waals surface area contributed by atoms with Gasteiger partial charge in [0.25, 0.3) is 0 Å². The molecule has 0 bridgehead atoms. The maximum absolute atomic E-state index is 11.0. The van der Waals surface area contributed by atoms with E-state index in [2.05, 4.69) is 0 Å². The number of hydrogen-bond donors (Lipinski definition) is 0. The van der Waals surface area contributed by atoms with Crippen molar-refractivity contribution in [1.82, 2.24) is 0 Å². The summed E-state index contributed by atoms with van der Waals surface area (Å²) in [4.78, 5) is 21.3. The molecule has 1 rings (SSSR count). The number of carbonyl (C=O) groups excluding carboxylic acids is 1. The zero-order valence-corrected chi connectivity index (χ0v) is 7.78. The Morgan fingerprint density at radius 1 is 1.69 bits per heavy atom. The molecule has 1 fully saturated rings. The van der Waals surface area contributed by atoms with E-state index >= 15 is 0 Å². The predicted molar refractivity (Wildman–Crippen MR) is 44.8 cm³/mol. The highest BCUT2D eigenvalue weighted by atomic mass is 16.6. The zero-order chi connectivity index (χ0) is 10.1. The molecule has 0 radical (unpaired) electrons. The molecule has 5 nitrogen and oxygen atoms in total. The topological polar surface area (TPSA) is 69.4 Å². The van der Waals surface area contributed by atoms with Gasteiger partial charge in [0.2, 0.25) is 5.54 Å². The summed E-state index contributed by atoms with van der Waals surface area (Å²) in [7, 11) is 0. The first-order chi connectivity index (χ1) is 5.93. The Labute approximate surface area is 76.2 Å². The van der Waals surface area contributed by atoms with E-state index in [1.807, 2.05) is 0 Å². The lowest BCUT2D eigenvalue weighted by Crippen LogP contribution is -2.34. The highest BCUT2D eigenvalue weighted by molar-refractivity contribution is 5.74. The molecular weight excluding hydrogens is 174 g/mol. The summed E-state index contributed by atoms with van der Waals surface area (Å²) >= 11 is 0. The number of nitro groups is 1. The van der Waals surface area contributed by atoms with Crippen molar-refractivity contribution in [3.8, 4) is 0 Å². The molecule has 1 heterocycles. The van der Waals surface area contributed by atoms with E-state index < -0.39 is 5.54 Å². The maximum Gasteiger partial charge on any atom is 0.309 e. The van der Waals surface area contributed by atoms with Crippen LogP contribution in [0.2, 0.25) is 0 Å². The molecule has 0 aromatic rings. The highest BCUT2D eigenvalue weighted by Crippen LogP contribution is 2.26. The van der Waals surface area contributed by atoms with Gasteiger partial charge in [-0.1, -0.05) is 0 Å². The van der Waals surface area contributed by atoms with Gasteiger partial charge >= 0.3 is 5.97 Å². The molecule has 74 valence electrons. The molecule has 1 saturated heterocycles. The SMILES string of the molecule is CC(C)(C[C@@H]1CCOC1=O)[N+](=O)[O-]. The molecule has 0 aromatic heterocycles. The second kappa shape index (κ2) is 3.32. The summed E-state index contributed by atoms with van der Waals surface area (Å²) in [5, 5.41) is 10.6. The summed E-state index contributed by atoms with van der Waals surface area (Å²) in [5.41, 5.74) is -1.03. The lowest BCUT2D eigenvalue weighted by Gasteiger charge is -2.17. The smallest absolute Gasteiger partial charge is 0.309 e. The van der Waals surface area contributed by atoms with Gasteiger partial charge in [0.05, 0.1) is 12.5 Å². The Balaban J connectivity index is 2.57. The second-order valence-corrected chi connectivity index (χ2v) is 3.93. The van der Waals surface area contributed by atoms with E-state index in [-0.39, 0.29) is 23.2 Å². The molecular formula is C8H13NO4. The third-order valence-electron chi connectivity index (χ3n) is 2.28. The second-order valence-electron chi connectivity index (χ2n) is 3.93. The van der Waals surface area contributed by atoms with Crippen LogP contribution < -0.4 is 0 Å². The first-order valence-electron chi connectivity index (χ1n) is 4.24. The van der Waals surface area contributed by atoms with Gasteiger partial charge in [-0.2, -0.15) is 0 Å². The van der Waals surface area contributed by atoms with Crippen LogP contribution in [0.3, 0.4) is 0 Å². The van der Waals surface area contributed by atoms with Crippen molar-refractivity contribution in [3.05, 3.63) is 10.1 Å². The standard InChI is InChI=1S/C8H13NO4/c1-8(2,9(11)12)5-6-3-4-13-7(6)10/h6H,3-5H2,1-2H3/t6-/m0/s1. The molecule has 5 heteroatoms. The molecule has 0 saturated carbocycles. The van der Waals surface area contributed by atoms with Crippen molar-refractivity contribution >= 4 is 5.97 Å². The summed E-state index contributed by atoms with van der Waals surface area (Å²) in [5.74, 6) is -0.588. The summed E-state index contributed by atoms with van der Waals surface area (Å²) in [6, 6.07) is 0. The normalized spacial score (nSPS) is 22.9. The van der Waals surface area contributed by atoms with Crippen LogP contribution in [0.5, 0.6) is 0 Å². The van der Waals surface area contributed by atoms with Gasteiger partial charge in [0, 0.05) is 25.2 Å². The van der Waals surface area contributed by atoms with Crippen LogP contribution in [0.4, 0.5) is 0 Å². The third-order valence-corrected chi connectivity index (χ3v) is 2.28. The molecule has 0 aliphatic carbocycles. The van der Waals surface area contributed by atoms with Crippen LogP contribution in [0.25, 0.3) is 0 Å². The van der Waals surface area contributed by atoms with Crippen LogP contribution in [0, 0.1) is 16.0 Å². The maximum atomic E-state index is 11.0. The quantitative estimate of drug-likeness (QED) is 0.375. The van der Waals surface area contributed by atoms with Crippen molar-refractivity contribution in [2.24, 2.45) is 5.92 Å². The van der Waals surface area contributed by atoms with Crippen LogP contribution in [-0.2, 0) is 9.53 Å². The van der Waals surface area contributed by atoms with Crippen molar-refractivity contribution in [2.45, 2.75) is 32.2 Å². The van der Waals surface area contributed by atoms with Crippen molar-refractivity contribution in [1.29, 1.82) is 0 Å². The lowest BCUT2D eigenvalue weighted by atomic mass is 9.90. The summed E-state index contributed by atoms with van der Waals surface area (Å²) in [6.07, 6.45) is 0.870. The van der Waals surface area contributed by atoms with E-state index in [1.54, 1.807) is 0 Å². The van der Waals surface area contributed by atoms with Gasteiger partial charge in [-0.3, -0.25) is 14.9 Å². The largest absolute Gasteiger partial charge is 0.465 e. The number of cyclic esters (lactones) is 1. The Morgan fingerprint density at radius 3 is 2.69 bits per heavy atom. The fourth-order valence-corrected chi connectivity index (χ4v) is 1.40. The fourth-order valence-electron chi connectivity index (χ4n) is 1.40. The van der Waals surface area contributed by atoms with Crippen molar-refractivity contribution in [2.75, 3.05) is 6.61 Å². The Kier molecular flexibility index (Phi) is 2.54. The van der Waals surface area contributed by atoms with Gasteiger partial charge in [-0.05, 0) is 6.42 Å². The Bertz CT molecular complexity index is 236. The van der Waals surface area contributed by atoms with E-state index in [0.29, 0.717) is 13.0 Å². The van der Waals surface area contributed by atoms with Crippen LogP contribution >= 0.6 is 0 Å². The lowest BCUT2D eigenvalue weighted by molar-refractivity contribution is -0.562. The monoisotopic (exact) mass is 187 g/mol. The predicted octanol–water partition coefficient (Wildman–Crippen LogP) is 0.995. The number of ether oxygens (including phenoxy) is 1. The van der Waals surface area contributed by atoms with Crippen LogP contribution in [0.1, 0.15) is 26.7 Å². The molecule has 1 atom stereocenters. The van der Waals surface area contributed by atoms with E-state index in [0.717, 1.165) is 0 Å². The number of rotatable bonds is 3. The van der Waals surface area contributed by atoms with Gasteiger partial charge in [0.1, 0.15) is 0 Å². The van der Waals surface area contributed by atoms with Gasteiger partial charge < -0.3 is 4.74 Å². The van der Waals surface area contributed by atoms with Gasteiger partial charge in [0.15, 0.2) is 0 Å². The number of nitrogens with zero attached hydrogens (tertiary/aromatic N) is 1. The molecule has 0 N–H and O–H groups in total. The highest BCUT2D eigenvalue weighted by Gasteiger charge is 2.39. The average Bonchev–Trinajstić information content (AvgIpc) is 2.35. The molecule has 0 unspecified atom stereocenters. The van der Waals surface area contributed by atoms with Crippen LogP contribution in [0.15, 0.2) is 0 Å². The van der Waals surface area contributed by atoms with Crippen molar-refractivity contribution in [3.63, 3.8) is 0 Å². The molecule has 13 heavy (non-hydrogen) atoms. The first-order valence-corrected chi connectivity index (χ1v) is 4.24. The zero-order valence-electron chi connectivity index (χ0n) is 7.78. The molecule has 0 aromatic carbocycles. The third kappa shape index (κ3) is 2.17. The molecule has 1 aliphatic heterocycles.